The smallest absolute Gasteiger partial charge is 0.231 e. The number of hydrogen-bond acceptors (Lipinski definition) is 6. The van der Waals surface area contributed by atoms with Crippen molar-refractivity contribution in [1.29, 1.82) is 0 Å². The molecule has 7 nitrogen and oxygen atoms in total. The molecular weight excluding hydrogens is 376 g/mol. The Labute approximate surface area is 161 Å². The number of rotatable bonds is 3. The molecule has 8 heteroatoms. The number of aromatic nitrogens is 4. The van der Waals surface area contributed by atoms with Gasteiger partial charge in [0.2, 0.25) is 15.8 Å². The Kier molecular flexibility index (Phi) is 3.73. The van der Waals surface area contributed by atoms with E-state index in [1.165, 1.54) is 0 Å². The number of ether oxygens (including phenoxy) is 1. The van der Waals surface area contributed by atoms with E-state index in [9.17, 15) is 9.59 Å². The number of nitrogens with one attached hydrogen (secondary N) is 1. The monoisotopic (exact) mass is 390 g/mol. The largest absolute Gasteiger partial charge is 0.486 e. The number of hydrogen-bond donors (Lipinski definition) is 1. The molecule has 3 aromatic rings. The Morgan fingerprint density at radius 1 is 1.04 bits per heavy atom. The van der Waals surface area contributed by atoms with Crippen molar-refractivity contribution < 1.29 is 4.74 Å². The van der Waals surface area contributed by atoms with E-state index < -0.39 is 0 Å². The van der Waals surface area contributed by atoms with Crippen molar-refractivity contribution in [2.45, 2.75) is 13.5 Å². The van der Waals surface area contributed by atoms with Gasteiger partial charge in [0, 0.05) is 10.8 Å². The lowest BCUT2D eigenvalue weighted by atomic mass is 10.1. The highest BCUT2D eigenvalue weighted by Gasteiger charge is 2.13. The van der Waals surface area contributed by atoms with Gasteiger partial charge in [0.25, 0.3) is 0 Å². The summed E-state index contributed by atoms with van der Waals surface area (Å²) in [4.78, 5) is 26.2. The van der Waals surface area contributed by atoms with Crippen LogP contribution in [0.1, 0.15) is 11.4 Å². The van der Waals surface area contributed by atoms with Gasteiger partial charge in [-0.2, -0.15) is 0 Å². The average molecular weight is 390 g/mol. The van der Waals surface area contributed by atoms with Gasteiger partial charge in [-0.25, -0.2) is 4.52 Å². The summed E-state index contributed by atoms with van der Waals surface area (Å²) in [5, 5.41) is 12.4. The fraction of sp³-hybridized carbons (Fsp3) is 0.100. The second kappa shape index (κ2) is 6.28. The Balaban J connectivity index is 1.68. The molecule has 0 bridgehead atoms. The zero-order valence-electron chi connectivity index (χ0n) is 14.8. The lowest BCUT2D eigenvalue weighted by molar-refractivity contribution is 0.292. The minimum absolute atomic E-state index is 0.172. The van der Waals surface area contributed by atoms with Crippen molar-refractivity contribution >= 4 is 27.1 Å². The Hall–Kier alpha value is -3.52. The summed E-state index contributed by atoms with van der Waals surface area (Å²) in [6, 6.07) is 14.5. The third-order valence-electron chi connectivity index (χ3n) is 4.55. The van der Waals surface area contributed by atoms with Crippen molar-refractivity contribution in [1.82, 2.24) is 19.8 Å². The summed E-state index contributed by atoms with van der Waals surface area (Å²) in [6.45, 7) is 2.16. The van der Waals surface area contributed by atoms with E-state index >= 15 is 0 Å². The van der Waals surface area contributed by atoms with Crippen LogP contribution in [0.25, 0.3) is 15.7 Å². The fourth-order valence-electron chi connectivity index (χ4n) is 3.18. The van der Waals surface area contributed by atoms with Crippen molar-refractivity contribution in [3.63, 3.8) is 0 Å². The van der Waals surface area contributed by atoms with Crippen LogP contribution in [0.5, 0.6) is 5.75 Å². The van der Waals surface area contributed by atoms with Crippen LogP contribution in [0.4, 0.5) is 0 Å². The van der Waals surface area contributed by atoms with Crippen molar-refractivity contribution in [2.24, 2.45) is 0 Å². The number of aryl methyl sites for hydroxylation is 1. The van der Waals surface area contributed by atoms with Crippen LogP contribution < -0.4 is 15.6 Å². The predicted molar refractivity (Wildman–Crippen MR) is 106 cm³/mol. The molecule has 0 radical (unpaired) electrons. The second-order valence-corrected chi connectivity index (χ2v) is 7.44. The molecule has 138 valence electrons. The Morgan fingerprint density at radius 3 is 2.61 bits per heavy atom. The van der Waals surface area contributed by atoms with Gasteiger partial charge in [0.1, 0.15) is 22.2 Å². The highest BCUT2D eigenvalue weighted by molar-refractivity contribution is 7.14. The first-order chi connectivity index (χ1) is 13.6. The standard InChI is InChI=1S/C20H14N4O3S/c1-11-5-4-6-12(9-11)27-10-15-21-22-20-24(15)23-16-17(25)13-7-2-3-8-14(13)18(26)19(16)28-20/h2-9,23H,10H2,1H3. The maximum absolute atomic E-state index is 12.9. The van der Waals surface area contributed by atoms with Crippen LogP contribution in [0.15, 0.2) is 58.1 Å². The molecule has 28 heavy (non-hydrogen) atoms. The maximum Gasteiger partial charge on any atom is 0.231 e. The number of benzene rings is 2. The van der Waals surface area contributed by atoms with E-state index in [1.807, 2.05) is 31.2 Å². The van der Waals surface area contributed by atoms with Crippen LogP contribution >= 0.6 is 11.3 Å². The molecule has 1 aliphatic heterocycles. The lowest BCUT2D eigenvalue weighted by Crippen LogP contribution is -2.17. The van der Waals surface area contributed by atoms with E-state index in [1.54, 1.807) is 28.8 Å². The van der Waals surface area contributed by atoms with Crippen LogP contribution in [0.3, 0.4) is 0 Å². The van der Waals surface area contributed by atoms with E-state index in [-0.39, 0.29) is 22.8 Å². The first-order valence-electron chi connectivity index (χ1n) is 8.63. The fourth-order valence-corrected chi connectivity index (χ4v) is 4.13. The topological polar surface area (TPSA) is 89.3 Å². The molecule has 0 atom stereocenters. The molecule has 0 unspecified atom stereocenters. The molecule has 0 saturated carbocycles. The number of H-pyrrole nitrogens is 1. The van der Waals surface area contributed by atoms with Crippen LogP contribution in [-0.2, 0) is 6.61 Å². The molecule has 2 aromatic carbocycles. The Morgan fingerprint density at radius 2 is 1.82 bits per heavy atom. The zero-order chi connectivity index (χ0) is 19.3. The molecule has 2 aliphatic rings. The molecule has 0 saturated heterocycles. The van der Waals surface area contributed by atoms with Gasteiger partial charge in [-0.15, -0.1) is 10.2 Å². The molecule has 1 N–H and O–H groups in total. The first-order valence-corrected chi connectivity index (χ1v) is 9.45. The second-order valence-electron chi connectivity index (χ2n) is 6.46. The summed E-state index contributed by atoms with van der Waals surface area (Å²) >= 11 is 1.14. The highest BCUT2D eigenvalue weighted by Crippen LogP contribution is 2.16. The van der Waals surface area contributed by atoms with Crippen LogP contribution in [0.2, 0.25) is 0 Å². The van der Waals surface area contributed by atoms with E-state index in [4.69, 9.17) is 4.74 Å². The number of fused-ring (bicyclic) bond motifs is 2. The zero-order valence-corrected chi connectivity index (χ0v) is 15.6. The third-order valence-corrected chi connectivity index (χ3v) is 5.59. The normalized spacial score (nSPS) is 11.5. The lowest BCUT2D eigenvalue weighted by Gasteiger charge is -2.06. The highest BCUT2D eigenvalue weighted by atomic mass is 32.1. The minimum atomic E-state index is -0.220. The Bertz CT molecular complexity index is 1530. The molecule has 2 heterocycles. The summed E-state index contributed by atoms with van der Waals surface area (Å²) in [6.07, 6.45) is 0. The predicted octanol–water partition coefficient (Wildman–Crippen LogP) is 2.60. The van der Waals surface area contributed by atoms with E-state index in [2.05, 4.69) is 15.3 Å². The van der Waals surface area contributed by atoms with Crippen molar-refractivity contribution in [3.8, 4) is 5.75 Å². The molecule has 1 aromatic heterocycles. The molecular formula is C20H14N4O3S. The number of aromatic amines is 1. The van der Waals surface area contributed by atoms with Gasteiger partial charge < -0.3 is 4.74 Å². The first kappa shape index (κ1) is 16.6. The van der Waals surface area contributed by atoms with E-state index in [0.29, 0.717) is 26.1 Å². The van der Waals surface area contributed by atoms with Gasteiger partial charge in [-0.3, -0.25) is 14.7 Å². The average Bonchev–Trinajstić information content (AvgIpc) is 3.11. The van der Waals surface area contributed by atoms with Crippen LogP contribution in [-0.4, -0.2) is 19.8 Å². The van der Waals surface area contributed by atoms with Gasteiger partial charge >= 0.3 is 0 Å². The summed E-state index contributed by atoms with van der Waals surface area (Å²) in [5.41, 5.74) is 0.686. The molecule has 5 rings (SSSR count). The van der Waals surface area contributed by atoms with Gasteiger partial charge in [-0.05, 0) is 24.6 Å². The molecule has 0 spiro atoms. The van der Waals surface area contributed by atoms with Crippen LogP contribution in [0, 0.1) is 16.8 Å². The third kappa shape index (κ3) is 2.57. The summed E-state index contributed by atoms with van der Waals surface area (Å²) in [7, 11) is 0. The minimum Gasteiger partial charge on any atom is -0.486 e. The number of nitrogens with zero attached hydrogens (tertiary/aromatic N) is 3. The maximum atomic E-state index is 12.9. The van der Waals surface area contributed by atoms with E-state index in [0.717, 1.165) is 22.6 Å². The molecule has 0 amide bonds. The molecule has 0 fully saturated rings. The molecule has 1 aliphatic carbocycles. The quantitative estimate of drug-likeness (QED) is 0.511. The van der Waals surface area contributed by atoms with Gasteiger partial charge in [-0.1, -0.05) is 47.7 Å². The van der Waals surface area contributed by atoms with Crippen molar-refractivity contribution in [2.75, 3.05) is 0 Å². The van der Waals surface area contributed by atoms with Crippen molar-refractivity contribution in [3.05, 3.63) is 90.2 Å². The SMILES string of the molecule is Cc1cccc(OCc2nnc3sc4c(=O)c5ccccc5c(=O)c=4[nH]n23)c1. The van der Waals surface area contributed by atoms with Gasteiger partial charge in [0.05, 0.1) is 0 Å². The summed E-state index contributed by atoms with van der Waals surface area (Å²) < 4.78 is 7.74. The summed E-state index contributed by atoms with van der Waals surface area (Å²) in [5.74, 6) is 1.23. The van der Waals surface area contributed by atoms with Gasteiger partial charge in [0.15, 0.2) is 5.82 Å².